The molecular weight excluding hydrogens is 214 g/mol. The van der Waals surface area contributed by atoms with E-state index < -0.39 is 5.60 Å². The molecule has 0 radical (unpaired) electrons. The van der Waals surface area contributed by atoms with Crippen molar-refractivity contribution in [3.8, 4) is 0 Å². The molecule has 17 heavy (non-hydrogen) atoms. The standard InChI is InChI=1S/C14H21NO2/c1-11-8-12(14(2,3)16)10-13(9-11)15-4-6-17-7-5-15/h8-10,16H,4-7H2,1-3H3. The predicted molar refractivity (Wildman–Crippen MR) is 69.5 cm³/mol. The van der Waals surface area contributed by atoms with Crippen molar-refractivity contribution >= 4 is 5.69 Å². The number of rotatable bonds is 2. The highest BCUT2D eigenvalue weighted by Crippen LogP contribution is 2.27. The first kappa shape index (κ1) is 12.4. The number of morpholine rings is 1. The molecule has 0 bridgehead atoms. The third kappa shape index (κ3) is 2.99. The first-order chi connectivity index (χ1) is 7.97. The molecule has 0 atom stereocenters. The zero-order valence-electron chi connectivity index (χ0n) is 10.9. The fourth-order valence-electron chi connectivity index (χ4n) is 2.12. The normalized spacial score (nSPS) is 17.3. The molecule has 3 heteroatoms. The van der Waals surface area contributed by atoms with E-state index in [0.29, 0.717) is 0 Å². The number of hydrogen-bond acceptors (Lipinski definition) is 3. The Balaban J connectivity index is 2.31. The Bertz CT molecular complexity index is 390. The average molecular weight is 235 g/mol. The van der Waals surface area contributed by atoms with E-state index in [1.54, 1.807) is 0 Å². The van der Waals surface area contributed by atoms with Crippen LogP contribution in [0.3, 0.4) is 0 Å². The van der Waals surface area contributed by atoms with Crippen LogP contribution in [-0.2, 0) is 10.3 Å². The first-order valence-electron chi connectivity index (χ1n) is 6.14. The van der Waals surface area contributed by atoms with Crippen molar-refractivity contribution in [2.45, 2.75) is 26.4 Å². The van der Waals surface area contributed by atoms with E-state index in [1.807, 2.05) is 19.9 Å². The number of aliphatic hydroxyl groups is 1. The van der Waals surface area contributed by atoms with Crippen LogP contribution in [0.4, 0.5) is 5.69 Å². The molecule has 0 amide bonds. The van der Waals surface area contributed by atoms with Crippen LogP contribution in [0.15, 0.2) is 18.2 Å². The average Bonchev–Trinajstić information content (AvgIpc) is 2.28. The molecule has 1 heterocycles. The molecule has 0 unspecified atom stereocenters. The molecule has 1 aliphatic heterocycles. The molecule has 94 valence electrons. The van der Waals surface area contributed by atoms with Crippen LogP contribution in [0, 0.1) is 6.92 Å². The Kier molecular flexibility index (Phi) is 3.40. The Labute approximate surface area is 103 Å². The number of hydrogen-bond donors (Lipinski definition) is 1. The van der Waals surface area contributed by atoms with Crippen molar-refractivity contribution in [1.29, 1.82) is 0 Å². The van der Waals surface area contributed by atoms with Gasteiger partial charge in [0.05, 0.1) is 18.8 Å². The quantitative estimate of drug-likeness (QED) is 0.851. The summed E-state index contributed by atoms with van der Waals surface area (Å²) in [4.78, 5) is 2.31. The van der Waals surface area contributed by atoms with Crippen LogP contribution < -0.4 is 4.90 Å². The van der Waals surface area contributed by atoms with Gasteiger partial charge in [-0.2, -0.15) is 0 Å². The third-order valence-electron chi connectivity index (χ3n) is 3.14. The van der Waals surface area contributed by atoms with E-state index in [4.69, 9.17) is 4.74 Å². The molecule has 0 aromatic heterocycles. The smallest absolute Gasteiger partial charge is 0.0841 e. The fourth-order valence-corrected chi connectivity index (χ4v) is 2.12. The second-order valence-electron chi connectivity index (χ2n) is 5.22. The highest BCUT2D eigenvalue weighted by Gasteiger charge is 2.19. The van der Waals surface area contributed by atoms with Gasteiger partial charge in [-0.1, -0.05) is 6.07 Å². The van der Waals surface area contributed by atoms with Gasteiger partial charge in [-0.05, 0) is 44.0 Å². The van der Waals surface area contributed by atoms with Gasteiger partial charge < -0.3 is 14.7 Å². The maximum Gasteiger partial charge on any atom is 0.0841 e. The molecule has 1 aromatic carbocycles. The summed E-state index contributed by atoms with van der Waals surface area (Å²) < 4.78 is 5.36. The van der Waals surface area contributed by atoms with Crippen LogP contribution in [0.1, 0.15) is 25.0 Å². The van der Waals surface area contributed by atoms with Gasteiger partial charge in [-0.3, -0.25) is 0 Å². The molecular formula is C14H21NO2. The van der Waals surface area contributed by atoms with Gasteiger partial charge in [0.15, 0.2) is 0 Å². The highest BCUT2D eigenvalue weighted by molar-refractivity contribution is 5.52. The predicted octanol–water partition coefficient (Wildman–Crippen LogP) is 2.06. The molecule has 0 spiro atoms. The number of ether oxygens (including phenoxy) is 1. The Morgan fingerprint density at radius 2 is 1.82 bits per heavy atom. The SMILES string of the molecule is Cc1cc(N2CCOCC2)cc(C(C)(C)O)c1. The van der Waals surface area contributed by atoms with Crippen molar-refractivity contribution in [1.82, 2.24) is 0 Å². The van der Waals surface area contributed by atoms with E-state index in [2.05, 4.69) is 24.0 Å². The topological polar surface area (TPSA) is 32.7 Å². The summed E-state index contributed by atoms with van der Waals surface area (Å²) >= 11 is 0. The Morgan fingerprint density at radius 1 is 1.18 bits per heavy atom. The van der Waals surface area contributed by atoms with E-state index in [-0.39, 0.29) is 0 Å². The largest absolute Gasteiger partial charge is 0.386 e. The maximum absolute atomic E-state index is 10.1. The van der Waals surface area contributed by atoms with Crippen molar-refractivity contribution in [2.75, 3.05) is 31.2 Å². The third-order valence-corrected chi connectivity index (χ3v) is 3.14. The lowest BCUT2D eigenvalue weighted by Gasteiger charge is -2.30. The second-order valence-corrected chi connectivity index (χ2v) is 5.22. The summed E-state index contributed by atoms with van der Waals surface area (Å²) in [6.45, 7) is 9.13. The van der Waals surface area contributed by atoms with Gasteiger partial charge in [-0.15, -0.1) is 0 Å². The van der Waals surface area contributed by atoms with Crippen molar-refractivity contribution < 1.29 is 9.84 Å². The summed E-state index contributed by atoms with van der Waals surface area (Å²) in [5, 5.41) is 10.1. The molecule has 1 aromatic rings. The fraction of sp³-hybridized carbons (Fsp3) is 0.571. The Hall–Kier alpha value is -1.06. The van der Waals surface area contributed by atoms with Crippen molar-refractivity contribution in [3.63, 3.8) is 0 Å². The minimum absolute atomic E-state index is 0.784. The number of nitrogens with zero attached hydrogens (tertiary/aromatic N) is 1. The molecule has 1 saturated heterocycles. The van der Waals surface area contributed by atoms with E-state index >= 15 is 0 Å². The van der Waals surface area contributed by atoms with E-state index in [0.717, 1.165) is 31.9 Å². The summed E-state index contributed by atoms with van der Waals surface area (Å²) in [6.07, 6.45) is 0. The molecule has 1 N–H and O–H groups in total. The Morgan fingerprint density at radius 3 is 2.41 bits per heavy atom. The van der Waals surface area contributed by atoms with Gasteiger partial charge in [0.25, 0.3) is 0 Å². The molecule has 0 saturated carbocycles. The van der Waals surface area contributed by atoms with Crippen LogP contribution >= 0.6 is 0 Å². The van der Waals surface area contributed by atoms with Crippen LogP contribution in [0.2, 0.25) is 0 Å². The lowest BCUT2D eigenvalue weighted by Crippen LogP contribution is -2.36. The molecule has 2 rings (SSSR count). The number of anilines is 1. The zero-order chi connectivity index (χ0) is 12.5. The summed E-state index contributed by atoms with van der Waals surface area (Å²) in [7, 11) is 0. The molecule has 0 aliphatic carbocycles. The summed E-state index contributed by atoms with van der Waals surface area (Å²) in [6, 6.07) is 6.29. The maximum atomic E-state index is 10.1. The van der Waals surface area contributed by atoms with Gasteiger partial charge in [0.1, 0.15) is 0 Å². The lowest BCUT2D eigenvalue weighted by atomic mass is 9.96. The summed E-state index contributed by atoms with van der Waals surface area (Å²) in [5.41, 5.74) is 2.56. The van der Waals surface area contributed by atoms with Gasteiger partial charge >= 0.3 is 0 Å². The van der Waals surface area contributed by atoms with Crippen LogP contribution in [-0.4, -0.2) is 31.4 Å². The number of benzene rings is 1. The molecule has 1 aliphatic rings. The van der Waals surface area contributed by atoms with Crippen LogP contribution in [0.5, 0.6) is 0 Å². The van der Waals surface area contributed by atoms with Gasteiger partial charge in [0, 0.05) is 18.8 Å². The summed E-state index contributed by atoms with van der Waals surface area (Å²) in [5.74, 6) is 0. The monoisotopic (exact) mass is 235 g/mol. The number of aryl methyl sites for hydroxylation is 1. The lowest BCUT2D eigenvalue weighted by molar-refractivity contribution is 0.0785. The van der Waals surface area contributed by atoms with Crippen molar-refractivity contribution in [2.24, 2.45) is 0 Å². The highest BCUT2D eigenvalue weighted by atomic mass is 16.5. The molecule has 1 fully saturated rings. The second kappa shape index (κ2) is 4.67. The van der Waals surface area contributed by atoms with Crippen LogP contribution in [0.25, 0.3) is 0 Å². The van der Waals surface area contributed by atoms with Gasteiger partial charge in [0.2, 0.25) is 0 Å². The van der Waals surface area contributed by atoms with E-state index in [1.165, 1.54) is 11.3 Å². The minimum Gasteiger partial charge on any atom is -0.386 e. The molecule has 3 nitrogen and oxygen atoms in total. The zero-order valence-corrected chi connectivity index (χ0v) is 10.9. The van der Waals surface area contributed by atoms with Gasteiger partial charge in [-0.25, -0.2) is 0 Å². The first-order valence-corrected chi connectivity index (χ1v) is 6.14. The van der Waals surface area contributed by atoms with Crippen molar-refractivity contribution in [3.05, 3.63) is 29.3 Å². The minimum atomic E-state index is -0.785. The van der Waals surface area contributed by atoms with E-state index in [9.17, 15) is 5.11 Å².